The van der Waals surface area contributed by atoms with Gasteiger partial charge in [-0.25, -0.2) is 4.99 Å². The first-order valence-electron chi connectivity index (χ1n) is 10.4. The molecule has 1 unspecified atom stereocenters. The summed E-state index contributed by atoms with van der Waals surface area (Å²) >= 11 is 0. The van der Waals surface area contributed by atoms with Crippen LogP contribution in [0.4, 0.5) is 5.69 Å². The number of anilines is 1. The van der Waals surface area contributed by atoms with Crippen LogP contribution in [0.5, 0.6) is 0 Å². The zero-order valence-electron chi connectivity index (χ0n) is 18.1. The van der Waals surface area contributed by atoms with Crippen LogP contribution in [0.15, 0.2) is 52.1 Å². The number of hydrogen-bond donors (Lipinski definition) is 3. The average Bonchev–Trinajstić information content (AvgIpc) is 3.32. The fourth-order valence-electron chi connectivity index (χ4n) is 3.20. The van der Waals surface area contributed by atoms with Crippen LogP contribution in [-0.4, -0.2) is 62.2 Å². The molecule has 3 rings (SSSR count). The number of aliphatic imine (C=N–C) groups is 1. The van der Waals surface area contributed by atoms with Crippen LogP contribution in [0.1, 0.15) is 30.0 Å². The number of carbonyl (C=O) groups excluding carboxylic acids is 1. The number of halogens is 1. The van der Waals surface area contributed by atoms with E-state index in [1.165, 1.54) is 6.26 Å². The molecule has 0 saturated carbocycles. The first-order valence-corrected chi connectivity index (χ1v) is 10.4. The Balaban J connectivity index is 0.00000341. The van der Waals surface area contributed by atoms with Crippen molar-refractivity contribution in [1.82, 2.24) is 15.5 Å². The molecule has 8 nitrogen and oxygen atoms in total. The van der Waals surface area contributed by atoms with E-state index in [4.69, 9.17) is 9.15 Å². The first kappa shape index (κ1) is 25.2. The molecule has 2 aromatic rings. The Bertz CT molecular complexity index is 805. The molecule has 170 valence electrons. The lowest BCUT2D eigenvalue weighted by Crippen LogP contribution is -2.49. The molecule has 2 heterocycles. The van der Waals surface area contributed by atoms with Crippen molar-refractivity contribution in [1.29, 1.82) is 0 Å². The van der Waals surface area contributed by atoms with E-state index in [9.17, 15) is 4.79 Å². The molecule has 3 N–H and O–H groups in total. The Morgan fingerprint density at radius 1 is 1.16 bits per heavy atom. The third kappa shape index (κ3) is 8.15. The van der Waals surface area contributed by atoms with Gasteiger partial charge in [-0.3, -0.25) is 9.69 Å². The molecule has 1 fully saturated rings. The van der Waals surface area contributed by atoms with Gasteiger partial charge >= 0.3 is 0 Å². The number of nitrogens with one attached hydrogen (secondary N) is 3. The van der Waals surface area contributed by atoms with Crippen molar-refractivity contribution < 1.29 is 13.9 Å². The summed E-state index contributed by atoms with van der Waals surface area (Å²) in [6.07, 6.45) is 1.48. The van der Waals surface area contributed by atoms with Crippen LogP contribution in [0, 0.1) is 0 Å². The summed E-state index contributed by atoms with van der Waals surface area (Å²) < 4.78 is 10.5. The number of furan rings is 1. The van der Waals surface area contributed by atoms with Crippen LogP contribution >= 0.6 is 24.0 Å². The van der Waals surface area contributed by atoms with Gasteiger partial charge in [-0.1, -0.05) is 12.1 Å². The van der Waals surface area contributed by atoms with Crippen molar-refractivity contribution in [2.75, 3.05) is 44.7 Å². The van der Waals surface area contributed by atoms with Gasteiger partial charge in [0.15, 0.2) is 11.7 Å². The summed E-state index contributed by atoms with van der Waals surface area (Å²) in [5, 5.41) is 9.54. The number of morpholine rings is 1. The standard InChI is InChI=1S/C22H31N5O3.HI/c1-3-23-22(24-15-17(2)27-10-13-29-14-11-27)25-16-18-6-8-19(9-7-18)26-21(28)20-5-4-12-30-20;/h4-9,12,17H,3,10-11,13-16H2,1-2H3,(H,26,28)(H2,23,24,25);1H. The third-order valence-electron chi connectivity index (χ3n) is 4.95. The number of hydrogen-bond acceptors (Lipinski definition) is 5. The SMILES string of the molecule is CCNC(=NCc1ccc(NC(=O)c2ccco2)cc1)NCC(C)N1CCOCC1.I. The zero-order chi connectivity index (χ0) is 21.2. The van der Waals surface area contributed by atoms with E-state index in [-0.39, 0.29) is 35.6 Å². The summed E-state index contributed by atoms with van der Waals surface area (Å²) in [5.74, 6) is 0.822. The highest BCUT2D eigenvalue weighted by molar-refractivity contribution is 14.0. The van der Waals surface area contributed by atoms with E-state index in [0.29, 0.717) is 18.3 Å². The van der Waals surface area contributed by atoms with Crippen molar-refractivity contribution in [2.24, 2.45) is 4.99 Å². The minimum Gasteiger partial charge on any atom is -0.459 e. The number of benzene rings is 1. The first-order chi connectivity index (χ1) is 14.7. The molecule has 1 aromatic heterocycles. The molecule has 0 radical (unpaired) electrons. The Kier molecular flexibility index (Phi) is 10.8. The van der Waals surface area contributed by atoms with E-state index in [2.05, 4.69) is 39.7 Å². The molecule has 1 aliphatic rings. The normalized spacial score (nSPS) is 15.6. The predicted octanol–water partition coefficient (Wildman–Crippen LogP) is 2.93. The van der Waals surface area contributed by atoms with Gasteiger partial charge in [0.2, 0.25) is 0 Å². The lowest BCUT2D eigenvalue weighted by molar-refractivity contribution is 0.0211. The molecule has 1 aromatic carbocycles. The van der Waals surface area contributed by atoms with Gasteiger partial charge in [0, 0.05) is 37.9 Å². The fourth-order valence-corrected chi connectivity index (χ4v) is 3.20. The molecular weight excluding hydrogens is 509 g/mol. The van der Waals surface area contributed by atoms with Gasteiger partial charge in [-0.2, -0.15) is 0 Å². The Hall–Kier alpha value is -2.11. The molecular formula is C22H32IN5O3. The summed E-state index contributed by atoms with van der Waals surface area (Å²) in [7, 11) is 0. The van der Waals surface area contributed by atoms with Crippen molar-refractivity contribution in [3.63, 3.8) is 0 Å². The second-order valence-electron chi connectivity index (χ2n) is 7.20. The third-order valence-corrected chi connectivity index (χ3v) is 4.95. The lowest BCUT2D eigenvalue weighted by Gasteiger charge is -2.32. The molecule has 1 atom stereocenters. The van der Waals surface area contributed by atoms with Crippen molar-refractivity contribution in [3.8, 4) is 0 Å². The van der Waals surface area contributed by atoms with E-state index in [1.807, 2.05) is 24.3 Å². The maximum Gasteiger partial charge on any atom is 0.291 e. The highest BCUT2D eigenvalue weighted by atomic mass is 127. The monoisotopic (exact) mass is 541 g/mol. The maximum atomic E-state index is 12.0. The number of guanidine groups is 1. The summed E-state index contributed by atoms with van der Waals surface area (Å²) in [6.45, 7) is 10.00. The molecule has 9 heteroatoms. The fraction of sp³-hybridized carbons (Fsp3) is 0.455. The number of ether oxygens (including phenoxy) is 1. The largest absolute Gasteiger partial charge is 0.459 e. The average molecular weight is 541 g/mol. The van der Waals surface area contributed by atoms with Crippen molar-refractivity contribution in [3.05, 3.63) is 54.0 Å². The van der Waals surface area contributed by atoms with Crippen LogP contribution in [0.3, 0.4) is 0 Å². The summed E-state index contributed by atoms with van der Waals surface area (Å²) in [5.41, 5.74) is 1.78. The second kappa shape index (κ2) is 13.3. The molecule has 0 spiro atoms. The Morgan fingerprint density at radius 3 is 2.55 bits per heavy atom. The molecule has 0 bridgehead atoms. The van der Waals surface area contributed by atoms with Gasteiger partial charge in [0.25, 0.3) is 5.91 Å². The van der Waals surface area contributed by atoms with Crippen molar-refractivity contribution in [2.45, 2.75) is 26.4 Å². The van der Waals surface area contributed by atoms with E-state index in [0.717, 1.165) is 50.9 Å². The minimum absolute atomic E-state index is 0. The summed E-state index contributed by atoms with van der Waals surface area (Å²) in [6, 6.07) is 11.4. The smallest absolute Gasteiger partial charge is 0.291 e. The molecule has 1 aliphatic heterocycles. The van der Waals surface area contributed by atoms with Crippen LogP contribution < -0.4 is 16.0 Å². The van der Waals surface area contributed by atoms with Crippen LogP contribution in [-0.2, 0) is 11.3 Å². The zero-order valence-corrected chi connectivity index (χ0v) is 20.4. The number of rotatable bonds is 8. The Labute approximate surface area is 200 Å². The summed E-state index contributed by atoms with van der Waals surface area (Å²) in [4.78, 5) is 19.1. The Morgan fingerprint density at radius 2 is 1.90 bits per heavy atom. The minimum atomic E-state index is -0.265. The number of nitrogens with zero attached hydrogens (tertiary/aromatic N) is 2. The van der Waals surface area contributed by atoms with Gasteiger partial charge in [0.05, 0.1) is 26.0 Å². The predicted molar refractivity (Wildman–Crippen MR) is 133 cm³/mol. The van der Waals surface area contributed by atoms with E-state index < -0.39 is 0 Å². The molecule has 31 heavy (non-hydrogen) atoms. The second-order valence-corrected chi connectivity index (χ2v) is 7.20. The van der Waals surface area contributed by atoms with E-state index >= 15 is 0 Å². The molecule has 0 aliphatic carbocycles. The van der Waals surface area contributed by atoms with E-state index in [1.54, 1.807) is 12.1 Å². The highest BCUT2D eigenvalue weighted by Crippen LogP contribution is 2.12. The number of carbonyl (C=O) groups is 1. The lowest BCUT2D eigenvalue weighted by atomic mass is 10.2. The van der Waals surface area contributed by atoms with Gasteiger partial charge in [-0.15, -0.1) is 24.0 Å². The van der Waals surface area contributed by atoms with Gasteiger partial charge in [-0.05, 0) is 43.7 Å². The van der Waals surface area contributed by atoms with Crippen LogP contribution in [0.25, 0.3) is 0 Å². The molecule has 1 amide bonds. The highest BCUT2D eigenvalue weighted by Gasteiger charge is 2.17. The maximum absolute atomic E-state index is 12.0. The number of amides is 1. The van der Waals surface area contributed by atoms with Gasteiger partial charge in [0.1, 0.15) is 0 Å². The topological polar surface area (TPSA) is 91.1 Å². The quantitative estimate of drug-likeness (QED) is 0.271. The van der Waals surface area contributed by atoms with Gasteiger partial charge < -0.3 is 25.1 Å². The molecule has 1 saturated heterocycles. The van der Waals surface area contributed by atoms with Crippen molar-refractivity contribution >= 4 is 41.5 Å². The van der Waals surface area contributed by atoms with Crippen LogP contribution in [0.2, 0.25) is 0 Å².